The van der Waals surface area contributed by atoms with Crippen molar-refractivity contribution in [1.82, 2.24) is 19.5 Å². The highest BCUT2D eigenvalue weighted by atomic mass is 32.2. The molecule has 2 amide bonds. The summed E-state index contributed by atoms with van der Waals surface area (Å²) in [5.74, 6) is 0.448. The van der Waals surface area contributed by atoms with E-state index in [4.69, 9.17) is 4.74 Å². The van der Waals surface area contributed by atoms with Gasteiger partial charge in [0.2, 0.25) is 5.88 Å². The number of amides is 2. The lowest BCUT2D eigenvalue weighted by atomic mass is 9.60. The summed E-state index contributed by atoms with van der Waals surface area (Å²) in [6, 6.07) is 6.09. The predicted molar refractivity (Wildman–Crippen MR) is 161 cm³/mol. The monoisotopic (exact) mass is 611 g/mol. The molecule has 12 nitrogen and oxygen atoms in total. The molecule has 0 unspecified atom stereocenters. The van der Waals surface area contributed by atoms with Gasteiger partial charge in [0.15, 0.2) is 5.03 Å². The fourth-order valence-electron chi connectivity index (χ4n) is 5.75. The largest absolute Gasteiger partial charge is 0.474 e. The van der Waals surface area contributed by atoms with E-state index in [2.05, 4.69) is 26.2 Å². The number of sulfonamides is 1. The smallest absolute Gasteiger partial charge is 0.459 e. The number of fused-ring (bicyclic) bond motifs is 1. The van der Waals surface area contributed by atoms with Crippen molar-refractivity contribution < 1.29 is 33.1 Å². The Hall–Kier alpha value is -3.46. The van der Waals surface area contributed by atoms with E-state index in [-0.39, 0.29) is 23.8 Å². The molecule has 230 valence electrons. The molecule has 1 fully saturated rings. The van der Waals surface area contributed by atoms with Crippen LogP contribution in [0.3, 0.4) is 0 Å². The van der Waals surface area contributed by atoms with Gasteiger partial charge in [0.1, 0.15) is 6.10 Å². The molecule has 43 heavy (non-hydrogen) atoms. The van der Waals surface area contributed by atoms with E-state index >= 15 is 0 Å². The Morgan fingerprint density at radius 2 is 1.91 bits per heavy atom. The minimum atomic E-state index is -4.33. The first-order valence-corrected chi connectivity index (χ1v) is 16.0. The highest BCUT2D eigenvalue weighted by molar-refractivity contribution is 7.90. The number of hydrogen-bond acceptors (Lipinski definition) is 9. The van der Waals surface area contributed by atoms with Crippen LogP contribution in [0.1, 0.15) is 62.6 Å². The number of pyridine rings is 1. The molecule has 2 heterocycles. The number of nitrogens with zero attached hydrogens (tertiary/aromatic N) is 3. The molecular formula is C29H38BN5O7S. The van der Waals surface area contributed by atoms with Gasteiger partial charge in [-0.2, -0.15) is 13.5 Å². The number of ether oxygens (including phenoxy) is 1. The maximum absolute atomic E-state index is 13.2. The second-order valence-corrected chi connectivity index (χ2v) is 13.8. The number of aliphatic hydroxyl groups excluding tert-OH is 1. The number of urea groups is 1. The zero-order chi connectivity index (χ0) is 30.9. The first kappa shape index (κ1) is 31.0. The zero-order valence-corrected chi connectivity index (χ0v) is 25.4. The van der Waals surface area contributed by atoms with Crippen molar-refractivity contribution in [2.24, 2.45) is 0 Å². The molecule has 1 aromatic carbocycles. The number of rotatable bonds is 9. The number of carbonyl (C=O) groups excluding carboxylic acids is 1. The van der Waals surface area contributed by atoms with Crippen LogP contribution in [0.4, 0.5) is 10.5 Å². The zero-order valence-electron chi connectivity index (χ0n) is 24.6. The summed E-state index contributed by atoms with van der Waals surface area (Å²) < 4.78 is 35.6. The number of hydrogen-bond donors (Lipinski definition) is 5. The van der Waals surface area contributed by atoms with Gasteiger partial charge < -0.3 is 25.2 Å². The third kappa shape index (κ3) is 7.03. The van der Waals surface area contributed by atoms with Crippen molar-refractivity contribution in [2.45, 2.75) is 94.8 Å². The lowest BCUT2D eigenvalue weighted by molar-refractivity contribution is 0.0644. The summed E-state index contributed by atoms with van der Waals surface area (Å²) in [6.45, 7) is 5.21. The Morgan fingerprint density at radius 1 is 1.16 bits per heavy atom. The quantitative estimate of drug-likeness (QED) is 0.228. The third-order valence-electron chi connectivity index (χ3n) is 8.18. The van der Waals surface area contributed by atoms with Crippen LogP contribution >= 0.6 is 0 Å². The van der Waals surface area contributed by atoms with E-state index in [1.165, 1.54) is 16.9 Å². The van der Waals surface area contributed by atoms with Crippen molar-refractivity contribution in [1.29, 1.82) is 0 Å². The van der Waals surface area contributed by atoms with Gasteiger partial charge in [-0.1, -0.05) is 19.9 Å². The summed E-state index contributed by atoms with van der Waals surface area (Å²) in [5, 5.41) is 34.5. The molecule has 1 saturated carbocycles. The molecule has 2 aliphatic carbocycles. The molecule has 5 rings (SSSR count). The molecule has 3 aromatic rings. The minimum Gasteiger partial charge on any atom is -0.474 e. The number of carbonyl (C=O) groups is 1. The summed E-state index contributed by atoms with van der Waals surface area (Å²) in [5.41, 5.74) is 5.07. The van der Waals surface area contributed by atoms with Crippen LogP contribution in [0.5, 0.6) is 5.88 Å². The van der Waals surface area contributed by atoms with Gasteiger partial charge >= 0.3 is 13.1 Å². The highest BCUT2D eigenvalue weighted by Gasteiger charge is 2.34. The van der Waals surface area contributed by atoms with Gasteiger partial charge in [0.05, 0.1) is 11.8 Å². The fraction of sp³-hybridized carbons (Fsp3) is 0.483. The second kappa shape index (κ2) is 12.3. The average Bonchev–Trinajstić information content (AvgIpc) is 3.60. The van der Waals surface area contributed by atoms with Crippen LogP contribution in [0.25, 0.3) is 11.1 Å². The minimum absolute atomic E-state index is 0.0379. The van der Waals surface area contributed by atoms with Gasteiger partial charge in [-0.05, 0) is 86.3 Å². The number of aromatic nitrogens is 3. The number of aliphatic hydroxyl groups is 1. The van der Waals surface area contributed by atoms with Crippen LogP contribution in [0.2, 0.25) is 5.31 Å². The molecule has 5 N–H and O–H groups in total. The third-order valence-corrected chi connectivity index (χ3v) is 9.40. The number of benzene rings is 1. The first-order valence-electron chi connectivity index (χ1n) is 14.5. The second-order valence-electron chi connectivity index (χ2n) is 12.1. The summed E-state index contributed by atoms with van der Waals surface area (Å²) in [7, 11) is -5.96. The number of nitrogens with one attached hydrogen (secondary N) is 2. The number of aryl methyl sites for hydroxylation is 2. The topological polar surface area (TPSA) is 176 Å². The first-order chi connectivity index (χ1) is 20.3. The molecule has 2 aromatic heterocycles. The molecule has 2 aliphatic rings. The Labute approximate surface area is 251 Å². The van der Waals surface area contributed by atoms with E-state index in [1.54, 1.807) is 20.0 Å². The Bertz CT molecular complexity index is 1600. The van der Waals surface area contributed by atoms with Crippen molar-refractivity contribution in [2.75, 3.05) is 5.32 Å². The van der Waals surface area contributed by atoms with Crippen LogP contribution in [-0.2, 0) is 29.4 Å². The van der Waals surface area contributed by atoms with Crippen LogP contribution in [-0.4, -0.2) is 63.7 Å². The fourth-order valence-corrected chi connectivity index (χ4v) is 6.61. The van der Waals surface area contributed by atoms with Gasteiger partial charge in [-0.3, -0.25) is 4.68 Å². The van der Waals surface area contributed by atoms with Crippen LogP contribution < -0.4 is 14.8 Å². The van der Waals surface area contributed by atoms with Crippen molar-refractivity contribution in [3.8, 4) is 17.0 Å². The molecule has 14 heteroatoms. The van der Waals surface area contributed by atoms with Crippen molar-refractivity contribution in [3.05, 3.63) is 53.3 Å². The maximum atomic E-state index is 13.2. The van der Waals surface area contributed by atoms with Gasteiger partial charge in [-0.15, -0.1) is 0 Å². The molecule has 0 spiro atoms. The lowest BCUT2D eigenvalue weighted by Gasteiger charge is -2.26. The van der Waals surface area contributed by atoms with Crippen LogP contribution in [0.15, 0.2) is 41.7 Å². The van der Waals surface area contributed by atoms with E-state index in [0.29, 0.717) is 24.4 Å². The summed E-state index contributed by atoms with van der Waals surface area (Å²) in [6.07, 6.45) is 8.09. The Kier molecular flexibility index (Phi) is 8.84. The normalized spacial score (nSPS) is 18.7. The summed E-state index contributed by atoms with van der Waals surface area (Å²) in [4.78, 5) is 17.6. The van der Waals surface area contributed by atoms with Crippen molar-refractivity contribution >= 4 is 28.9 Å². The highest BCUT2D eigenvalue weighted by Crippen LogP contribution is 2.41. The van der Waals surface area contributed by atoms with Gasteiger partial charge in [0.25, 0.3) is 10.0 Å². The van der Waals surface area contributed by atoms with Gasteiger partial charge in [-0.25, -0.2) is 14.5 Å². The lowest BCUT2D eigenvalue weighted by Crippen LogP contribution is -2.35. The van der Waals surface area contributed by atoms with Gasteiger partial charge in [0, 0.05) is 35.9 Å². The Balaban J connectivity index is 1.38. The standard InChI is InChI=1S/C29H38BN5O7S/c1-18-15-19-5-4-6-23(19)27(26(18)20-11-13-31-24(16-20)42-22-9-7-21(36)8-10-22)32-28(37)34-43(40,41)25-12-14-35(33-25)17-29(2,3)30(38)39/h11-16,21-22,36,38-39H,4-10,17H2,1-3H3,(H2,32,34,37)/t21-,22+. The van der Waals surface area contributed by atoms with E-state index in [9.17, 15) is 28.4 Å². The van der Waals surface area contributed by atoms with E-state index in [0.717, 1.165) is 59.9 Å². The molecule has 0 radical (unpaired) electrons. The molecular weight excluding hydrogens is 573 g/mol. The SMILES string of the molecule is Cc1cc2c(c(NC(=O)NS(=O)(=O)c3ccn(CC(C)(C)B(O)O)n3)c1-c1ccnc(O[C@H]3CC[C@@H](O)CC3)c1)CCC2. The molecule has 0 bridgehead atoms. The molecule has 0 atom stereocenters. The molecule has 0 saturated heterocycles. The van der Waals surface area contributed by atoms with Crippen molar-refractivity contribution in [3.63, 3.8) is 0 Å². The number of anilines is 1. The Morgan fingerprint density at radius 3 is 2.63 bits per heavy atom. The van der Waals surface area contributed by atoms with Crippen LogP contribution in [0, 0.1) is 6.92 Å². The predicted octanol–water partition coefficient (Wildman–Crippen LogP) is 3.19. The average molecular weight is 612 g/mol. The van der Waals surface area contributed by atoms with E-state index < -0.39 is 28.5 Å². The maximum Gasteiger partial charge on any atom is 0.459 e. The molecule has 0 aliphatic heterocycles. The summed E-state index contributed by atoms with van der Waals surface area (Å²) >= 11 is 0. The van der Waals surface area contributed by atoms with E-state index in [1.807, 2.05) is 19.1 Å².